The molecule has 1 fully saturated rings. The van der Waals surface area contributed by atoms with Crippen molar-refractivity contribution in [2.75, 3.05) is 18.4 Å². The number of carbonyl (C=O) groups excluding carboxylic acids is 2. The minimum Gasteiger partial charge on any atom is -0.333 e. The summed E-state index contributed by atoms with van der Waals surface area (Å²) in [7, 11) is 0. The van der Waals surface area contributed by atoms with Crippen LogP contribution in [0.2, 0.25) is 0 Å². The topological polar surface area (TPSA) is 62.3 Å². The Balaban J connectivity index is 1.88. The molecule has 0 bridgehead atoms. The van der Waals surface area contributed by atoms with Crippen LogP contribution in [0.25, 0.3) is 0 Å². The van der Waals surface area contributed by atoms with Crippen molar-refractivity contribution in [2.45, 2.75) is 12.8 Å². The fourth-order valence-electron chi connectivity index (χ4n) is 1.68. The van der Waals surface area contributed by atoms with Gasteiger partial charge in [0.1, 0.15) is 5.82 Å². The molecule has 1 aliphatic rings. The van der Waals surface area contributed by atoms with E-state index in [4.69, 9.17) is 0 Å². The average molecular weight is 345 g/mol. The molecule has 0 spiro atoms. The van der Waals surface area contributed by atoms with E-state index in [0.29, 0.717) is 18.8 Å². The highest BCUT2D eigenvalue weighted by Crippen LogP contribution is 2.10. The van der Waals surface area contributed by atoms with Crippen LogP contribution in [0.1, 0.15) is 12.8 Å². The molecule has 1 N–H and O–H groups in total. The van der Waals surface area contributed by atoms with Crippen LogP contribution in [0, 0.1) is 3.57 Å². The van der Waals surface area contributed by atoms with Gasteiger partial charge in [0.15, 0.2) is 0 Å². The van der Waals surface area contributed by atoms with E-state index in [-0.39, 0.29) is 18.4 Å². The van der Waals surface area contributed by atoms with E-state index in [1.54, 1.807) is 17.2 Å². The zero-order valence-electron chi connectivity index (χ0n) is 9.15. The highest BCUT2D eigenvalue weighted by atomic mass is 127. The molecule has 0 radical (unpaired) electrons. The highest BCUT2D eigenvalue weighted by molar-refractivity contribution is 14.1. The molecule has 6 heteroatoms. The lowest BCUT2D eigenvalue weighted by Crippen LogP contribution is -2.34. The maximum Gasteiger partial charge on any atom is 0.245 e. The first-order valence-electron chi connectivity index (χ1n) is 5.34. The molecular weight excluding hydrogens is 333 g/mol. The summed E-state index contributed by atoms with van der Waals surface area (Å²) in [4.78, 5) is 28.6. The van der Waals surface area contributed by atoms with Gasteiger partial charge in [-0.15, -0.1) is 0 Å². The van der Waals surface area contributed by atoms with Gasteiger partial charge in [0.2, 0.25) is 11.8 Å². The van der Waals surface area contributed by atoms with Gasteiger partial charge < -0.3 is 10.2 Å². The number of halogens is 1. The summed E-state index contributed by atoms with van der Waals surface area (Å²) in [6.07, 6.45) is 3.07. The fraction of sp³-hybridized carbons (Fsp3) is 0.364. The normalized spacial score (nSPS) is 15.1. The summed E-state index contributed by atoms with van der Waals surface area (Å²) in [6.45, 7) is 0.791. The zero-order chi connectivity index (χ0) is 12.3. The smallest absolute Gasteiger partial charge is 0.245 e. The second-order valence-corrected chi connectivity index (χ2v) is 5.07. The van der Waals surface area contributed by atoms with E-state index < -0.39 is 0 Å². The molecule has 2 rings (SSSR count). The standard InChI is InChI=1S/C11H12IN3O2/c12-8-3-4-9(13-6-8)14-10(16)7-15-5-1-2-11(15)17/h3-4,6H,1-2,5,7H2,(H,13,14,16). The number of pyridine rings is 1. The average Bonchev–Trinajstić information content (AvgIpc) is 2.68. The SMILES string of the molecule is O=C(CN1CCCC1=O)Nc1ccc(I)cn1. The summed E-state index contributed by atoms with van der Waals surface area (Å²) in [5, 5.41) is 2.67. The zero-order valence-corrected chi connectivity index (χ0v) is 11.3. The molecule has 2 heterocycles. The van der Waals surface area contributed by atoms with Crippen LogP contribution in [-0.4, -0.2) is 34.8 Å². The Morgan fingerprint density at radius 3 is 2.94 bits per heavy atom. The third-order valence-electron chi connectivity index (χ3n) is 2.50. The number of anilines is 1. The first-order valence-corrected chi connectivity index (χ1v) is 6.42. The van der Waals surface area contributed by atoms with Crippen LogP contribution < -0.4 is 5.32 Å². The number of nitrogens with zero attached hydrogens (tertiary/aromatic N) is 2. The largest absolute Gasteiger partial charge is 0.333 e. The Bertz CT molecular complexity index is 433. The molecule has 0 aromatic carbocycles. The molecule has 17 heavy (non-hydrogen) atoms. The van der Waals surface area contributed by atoms with Crippen LogP contribution in [-0.2, 0) is 9.59 Å². The molecule has 2 amide bonds. The van der Waals surface area contributed by atoms with Gasteiger partial charge in [-0.1, -0.05) is 0 Å². The van der Waals surface area contributed by atoms with Gasteiger partial charge in [-0.3, -0.25) is 9.59 Å². The van der Waals surface area contributed by atoms with E-state index in [1.807, 2.05) is 6.07 Å². The minimum absolute atomic E-state index is 0.0516. The van der Waals surface area contributed by atoms with Crippen LogP contribution in [0.3, 0.4) is 0 Å². The van der Waals surface area contributed by atoms with Crippen molar-refractivity contribution in [3.63, 3.8) is 0 Å². The molecule has 0 atom stereocenters. The Morgan fingerprint density at radius 2 is 2.35 bits per heavy atom. The summed E-state index contributed by atoms with van der Waals surface area (Å²) >= 11 is 2.14. The predicted molar refractivity (Wildman–Crippen MR) is 71.4 cm³/mol. The van der Waals surface area contributed by atoms with Gasteiger partial charge in [-0.25, -0.2) is 4.98 Å². The number of amides is 2. The maximum atomic E-state index is 11.7. The van der Waals surface area contributed by atoms with E-state index in [0.717, 1.165) is 9.99 Å². The van der Waals surface area contributed by atoms with Crippen molar-refractivity contribution in [3.05, 3.63) is 21.9 Å². The molecule has 1 aromatic rings. The van der Waals surface area contributed by atoms with Gasteiger partial charge in [-0.2, -0.15) is 0 Å². The Hall–Kier alpha value is -1.18. The van der Waals surface area contributed by atoms with Crippen molar-refractivity contribution in [1.82, 2.24) is 9.88 Å². The summed E-state index contributed by atoms with van der Waals surface area (Å²) < 4.78 is 1.01. The second-order valence-electron chi connectivity index (χ2n) is 3.83. The fourth-order valence-corrected chi connectivity index (χ4v) is 2.00. The summed E-state index contributed by atoms with van der Waals surface area (Å²) in [5.41, 5.74) is 0. The van der Waals surface area contributed by atoms with Gasteiger partial charge in [-0.05, 0) is 41.1 Å². The molecule has 0 aliphatic carbocycles. The number of likely N-dealkylation sites (tertiary alicyclic amines) is 1. The molecule has 90 valence electrons. The molecule has 1 saturated heterocycles. The van der Waals surface area contributed by atoms with Crippen LogP contribution in [0.4, 0.5) is 5.82 Å². The number of aromatic nitrogens is 1. The number of hydrogen-bond acceptors (Lipinski definition) is 3. The van der Waals surface area contributed by atoms with Crippen LogP contribution >= 0.6 is 22.6 Å². The van der Waals surface area contributed by atoms with Crippen molar-refractivity contribution >= 4 is 40.2 Å². The lowest BCUT2D eigenvalue weighted by atomic mass is 10.4. The minimum atomic E-state index is -0.200. The number of rotatable bonds is 3. The Morgan fingerprint density at radius 1 is 1.53 bits per heavy atom. The molecule has 1 aliphatic heterocycles. The molecule has 1 aromatic heterocycles. The van der Waals surface area contributed by atoms with E-state index in [1.165, 1.54) is 0 Å². The van der Waals surface area contributed by atoms with E-state index in [9.17, 15) is 9.59 Å². The van der Waals surface area contributed by atoms with E-state index >= 15 is 0 Å². The third kappa shape index (κ3) is 3.39. The van der Waals surface area contributed by atoms with Crippen molar-refractivity contribution in [3.8, 4) is 0 Å². The van der Waals surface area contributed by atoms with Crippen molar-refractivity contribution in [2.24, 2.45) is 0 Å². The quantitative estimate of drug-likeness (QED) is 0.839. The molecule has 0 unspecified atom stereocenters. The summed E-state index contributed by atoms with van der Waals surface area (Å²) in [6, 6.07) is 3.61. The molecule has 0 saturated carbocycles. The van der Waals surface area contributed by atoms with Gasteiger partial charge in [0.25, 0.3) is 0 Å². The number of hydrogen-bond donors (Lipinski definition) is 1. The Labute approximate surface area is 113 Å². The summed E-state index contributed by atoms with van der Waals surface area (Å²) in [5.74, 6) is 0.367. The van der Waals surface area contributed by atoms with Crippen LogP contribution in [0.5, 0.6) is 0 Å². The first kappa shape index (κ1) is 12.3. The van der Waals surface area contributed by atoms with Gasteiger partial charge in [0, 0.05) is 22.7 Å². The highest BCUT2D eigenvalue weighted by Gasteiger charge is 2.22. The maximum absolute atomic E-state index is 11.7. The molecule has 5 nitrogen and oxygen atoms in total. The Kier molecular flexibility index (Phi) is 3.93. The third-order valence-corrected chi connectivity index (χ3v) is 3.14. The number of carbonyl (C=O) groups is 2. The van der Waals surface area contributed by atoms with Gasteiger partial charge in [0.05, 0.1) is 6.54 Å². The lowest BCUT2D eigenvalue weighted by Gasteiger charge is -2.14. The predicted octanol–water partition coefficient (Wildman–Crippen LogP) is 1.25. The van der Waals surface area contributed by atoms with Crippen LogP contribution in [0.15, 0.2) is 18.3 Å². The van der Waals surface area contributed by atoms with Crippen molar-refractivity contribution < 1.29 is 9.59 Å². The lowest BCUT2D eigenvalue weighted by molar-refractivity contribution is -0.131. The molecular formula is C11H12IN3O2. The second kappa shape index (κ2) is 5.44. The number of nitrogens with one attached hydrogen (secondary N) is 1. The van der Waals surface area contributed by atoms with Gasteiger partial charge >= 0.3 is 0 Å². The monoisotopic (exact) mass is 345 g/mol. The van der Waals surface area contributed by atoms with Crippen molar-refractivity contribution in [1.29, 1.82) is 0 Å². The van der Waals surface area contributed by atoms with E-state index in [2.05, 4.69) is 32.9 Å². The first-order chi connectivity index (χ1) is 8.15.